The molecule has 2 atom stereocenters. The third-order valence-electron chi connectivity index (χ3n) is 3.59. The fraction of sp³-hybridized carbons (Fsp3) is 0.462. The molecule has 1 aromatic carbocycles. The van der Waals surface area contributed by atoms with Crippen molar-refractivity contribution in [3.05, 3.63) is 35.9 Å². The lowest BCUT2D eigenvalue weighted by molar-refractivity contribution is 0.138. The molecule has 2 aliphatic rings. The molecule has 3 rings (SSSR count). The number of hydrogen-bond donors (Lipinski definition) is 2. The zero-order valence-electron chi connectivity index (χ0n) is 9.56. The van der Waals surface area contributed by atoms with Crippen molar-refractivity contribution in [1.29, 1.82) is 0 Å². The van der Waals surface area contributed by atoms with Gasteiger partial charge in [-0.2, -0.15) is 0 Å². The SMILES string of the molecule is O=C(NC1C2CNCC21)OCc1ccccc1. The zero-order chi connectivity index (χ0) is 11.7. The second-order valence-corrected chi connectivity index (χ2v) is 4.72. The van der Waals surface area contributed by atoms with E-state index in [1.807, 2.05) is 30.3 Å². The maximum Gasteiger partial charge on any atom is 0.407 e. The predicted octanol–water partition coefficient (Wildman–Crippen LogP) is 1.13. The third kappa shape index (κ3) is 2.26. The highest BCUT2D eigenvalue weighted by molar-refractivity contribution is 5.68. The third-order valence-corrected chi connectivity index (χ3v) is 3.59. The van der Waals surface area contributed by atoms with E-state index in [0.717, 1.165) is 18.7 Å². The van der Waals surface area contributed by atoms with Gasteiger partial charge in [0.25, 0.3) is 0 Å². The summed E-state index contributed by atoms with van der Waals surface area (Å²) < 4.78 is 5.17. The van der Waals surface area contributed by atoms with Crippen molar-refractivity contribution in [3.63, 3.8) is 0 Å². The van der Waals surface area contributed by atoms with Crippen LogP contribution in [0.5, 0.6) is 0 Å². The molecule has 2 fully saturated rings. The Morgan fingerprint density at radius 2 is 2.00 bits per heavy atom. The number of carbonyl (C=O) groups is 1. The highest BCUT2D eigenvalue weighted by Crippen LogP contribution is 2.41. The number of piperidine rings is 1. The highest BCUT2D eigenvalue weighted by Gasteiger charge is 2.53. The number of fused-ring (bicyclic) bond motifs is 1. The maximum absolute atomic E-state index is 11.5. The molecule has 90 valence electrons. The van der Waals surface area contributed by atoms with Crippen molar-refractivity contribution in [3.8, 4) is 0 Å². The molecular formula is C13H16N2O2. The largest absolute Gasteiger partial charge is 0.445 e. The molecule has 4 nitrogen and oxygen atoms in total. The lowest BCUT2D eigenvalue weighted by Gasteiger charge is -2.08. The van der Waals surface area contributed by atoms with Gasteiger partial charge in [0.1, 0.15) is 6.61 Å². The number of nitrogens with one attached hydrogen (secondary N) is 2. The van der Waals surface area contributed by atoms with E-state index in [9.17, 15) is 4.79 Å². The Morgan fingerprint density at radius 3 is 2.71 bits per heavy atom. The molecule has 1 saturated carbocycles. The molecule has 0 spiro atoms. The molecule has 0 bridgehead atoms. The number of ether oxygens (including phenoxy) is 1. The van der Waals surface area contributed by atoms with Crippen molar-refractivity contribution >= 4 is 6.09 Å². The lowest BCUT2D eigenvalue weighted by atomic mass is 10.2. The van der Waals surface area contributed by atoms with E-state index >= 15 is 0 Å². The van der Waals surface area contributed by atoms with Gasteiger partial charge in [-0.1, -0.05) is 30.3 Å². The first-order valence-electron chi connectivity index (χ1n) is 6.02. The number of amides is 1. The van der Waals surface area contributed by atoms with E-state index < -0.39 is 0 Å². The van der Waals surface area contributed by atoms with Crippen LogP contribution in [0.2, 0.25) is 0 Å². The first-order valence-corrected chi connectivity index (χ1v) is 6.02. The van der Waals surface area contributed by atoms with E-state index in [1.165, 1.54) is 0 Å². The van der Waals surface area contributed by atoms with Gasteiger partial charge in [0, 0.05) is 19.1 Å². The number of rotatable bonds is 3. The Hall–Kier alpha value is -1.55. The lowest BCUT2D eigenvalue weighted by Crippen LogP contribution is -2.32. The Labute approximate surface area is 100 Å². The van der Waals surface area contributed by atoms with Crippen LogP contribution in [-0.4, -0.2) is 25.2 Å². The maximum atomic E-state index is 11.5. The van der Waals surface area contributed by atoms with Crippen LogP contribution >= 0.6 is 0 Å². The smallest absolute Gasteiger partial charge is 0.407 e. The first-order chi connectivity index (χ1) is 8.34. The van der Waals surface area contributed by atoms with Crippen molar-refractivity contribution in [2.24, 2.45) is 11.8 Å². The van der Waals surface area contributed by atoms with Crippen LogP contribution in [0.25, 0.3) is 0 Å². The summed E-state index contributed by atoms with van der Waals surface area (Å²) in [6, 6.07) is 10.1. The van der Waals surface area contributed by atoms with Crippen LogP contribution in [0.1, 0.15) is 5.56 Å². The van der Waals surface area contributed by atoms with Gasteiger partial charge in [0.2, 0.25) is 0 Å². The van der Waals surface area contributed by atoms with Crippen molar-refractivity contribution in [2.45, 2.75) is 12.6 Å². The molecule has 1 aliphatic heterocycles. The quantitative estimate of drug-likeness (QED) is 0.821. The summed E-state index contributed by atoms with van der Waals surface area (Å²) in [5.41, 5.74) is 1.01. The summed E-state index contributed by atoms with van der Waals surface area (Å²) in [5, 5.41) is 6.22. The topological polar surface area (TPSA) is 50.4 Å². The predicted molar refractivity (Wildman–Crippen MR) is 63.4 cm³/mol. The standard InChI is InChI=1S/C13H16N2O2/c16-13(15-12-10-6-14-7-11(10)12)17-8-9-4-2-1-3-5-9/h1-5,10-12,14H,6-8H2,(H,15,16). The normalized spacial score (nSPS) is 29.5. The van der Waals surface area contributed by atoms with Gasteiger partial charge in [0.05, 0.1) is 0 Å². The van der Waals surface area contributed by atoms with Crippen LogP contribution in [0.4, 0.5) is 4.79 Å². The molecule has 17 heavy (non-hydrogen) atoms. The molecule has 0 radical (unpaired) electrons. The highest BCUT2D eigenvalue weighted by atomic mass is 16.5. The van der Waals surface area contributed by atoms with Gasteiger partial charge in [-0.25, -0.2) is 4.79 Å². The molecule has 1 aliphatic carbocycles. The van der Waals surface area contributed by atoms with Crippen LogP contribution < -0.4 is 10.6 Å². The van der Waals surface area contributed by atoms with Gasteiger partial charge >= 0.3 is 6.09 Å². The van der Waals surface area contributed by atoms with Crippen LogP contribution in [0.15, 0.2) is 30.3 Å². The zero-order valence-corrected chi connectivity index (χ0v) is 9.56. The number of hydrogen-bond acceptors (Lipinski definition) is 3. The van der Waals surface area contributed by atoms with E-state index in [1.54, 1.807) is 0 Å². The molecule has 1 amide bonds. The summed E-state index contributed by atoms with van der Waals surface area (Å²) in [6.45, 7) is 2.38. The summed E-state index contributed by atoms with van der Waals surface area (Å²) >= 11 is 0. The van der Waals surface area contributed by atoms with Crippen molar-refractivity contribution < 1.29 is 9.53 Å². The van der Waals surface area contributed by atoms with Gasteiger partial charge in [-0.3, -0.25) is 0 Å². The molecule has 4 heteroatoms. The van der Waals surface area contributed by atoms with Crippen LogP contribution in [0.3, 0.4) is 0 Å². The van der Waals surface area contributed by atoms with Crippen molar-refractivity contribution in [2.75, 3.05) is 13.1 Å². The van der Waals surface area contributed by atoms with E-state index in [4.69, 9.17) is 4.74 Å². The second-order valence-electron chi connectivity index (χ2n) is 4.72. The summed E-state index contributed by atoms with van der Waals surface area (Å²) in [7, 11) is 0. The number of benzene rings is 1. The Bertz CT molecular complexity index is 397. The minimum Gasteiger partial charge on any atom is -0.445 e. The van der Waals surface area contributed by atoms with Gasteiger partial charge in [-0.15, -0.1) is 0 Å². The Balaban J connectivity index is 1.42. The molecule has 2 N–H and O–H groups in total. The minimum absolute atomic E-state index is 0.298. The minimum atomic E-state index is -0.298. The fourth-order valence-electron chi connectivity index (χ4n) is 2.53. The van der Waals surface area contributed by atoms with E-state index in [2.05, 4.69) is 10.6 Å². The molecule has 1 aromatic rings. The van der Waals surface area contributed by atoms with Gasteiger partial charge in [-0.05, 0) is 17.4 Å². The van der Waals surface area contributed by atoms with E-state index in [0.29, 0.717) is 24.5 Å². The van der Waals surface area contributed by atoms with Gasteiger partial charge in [0.15, 0.2) is 0 Å². The number of alkyl carbamates (subject to hydrolysis) is 1. The molecule has 0 aromatic heterocycles. The summed E-state index contributed by atoms with van der Waals surface area (Å²) in [5.74, 6) is 1.25. The first kappa shape index (κ1) is 10.6. The Morgan fingerprint density at radius 1 is 1.29 bits per heavy atom. The van der Waals surface area contributed by atoms with Crippen LogP contribution in [0, 0.1) is 11.8 Å². The molecule has 2 unspecified atom stereocenters. The van der Waals surface area contributed by atoms with E-state index in [-0.39, 0.29) is 6.09 Å². The van der Waals surface area contributed by atoms with Crippen LogP contribution in [-0.2, 0) is 11.3 Å². The number of carbonyl (C=O) groups excluding carboxylic acids is 1. The average Bonchev–Trinajstić information content (AvgIpc) is 2.79. The monoisotopic (exact) mass is 232 g/mol. The second kappa shape index (κ2) is 4.37. The molecule has 1 heterocycles. The fourth-order valence-corrected chi connectivity index (χ4v) is 2.53. The molecule has 1 saturated heterocycles. The Kier molecular flexibility index (Phi) is 2.73. The van der Waals surface area contributed by atoms with Crippen molar-refractivity contribution in [1.82, 2.24) is 10.6 Å². The summed E-state index contributed by atoms with van der Waals surface area (Å²) in [4.78, 5) is 11.5. The van der Waals surface area contributed by atoms with Gasteiger partial charge < -0.3 is 15.4 Å². The summed E-state index contributed by atoms with van der Waals surface area (Å²) in [6.07, 6.45) is -0.298. The molecular weight excluding hydrogens is 216 g/mol. The average molecular weight is 232 g/mol.